The van der Waals surface area contributed by atoms with Crippen LogP contribution in [-0.4, -0.2) is 33.1 Å². The molecule has 1 aromatic carbocycles. The highest BCUT2D eigenvalue weighted by molar-refractivity contribution is 5.88. The van der Waals surface area contributed by atoms with E-state index in [1.54, 1.807) is 0 Å². The molecule has 0 bridgehead atoms. The number of benzene rings is 1. The van der Waals surface area contributed by atoms with Crippen molar-refractivity contribution in [1.82, 2.24) is 15.0 Å². The van der Waals surface area contributed by atoms with E-state index >= 15 is 0 Å². The minimum absolute atomic E-state index is 0.0292. The van der Waals surface area contributed by atoms with Crippen LogP contribution in [0.25, 0.3) is 0 Å². The van der Waals surface area contributed by atoms with Gasteiger partial charge in [0.2, 0.25) is 5.89 Å². The van der Waals surface area contributed by atoms with Crippen LogP contribution >= 0.6 is 0 Å². The number of nitrogens with zero attached hydrogens (tertiary/aromatic N) is 3. The Kier molecular flexibility index (Phi) is 3.76. The van der Waals surface area contributed by atoms with E-state index in [4.69, 9.17) is 15.0 Å². The average Bonchev–Trinajstić information content (AvgIpc) is 3.23. The zero-order chi connectivity index (χ0) is 17.6. The molecule has 2 N–H and O–H groups in total. The number of hydrogen-bond acceptors (Lipinski definition) is 6. The van der Waals surface area contributed by atoms with Gasteiger partial charge in [-0.2, -0.15) is 4.98 Å². The number of nitrogens with two attached hydrogens (primary N) is 1. The molecular weight excluding hydrogens is 320 g/mol. The van der Waals surface area contributed by atoms with Crippen molar-refractivity contribution in [2.24, 2.45) is 5.73 Å². The lowest BCUT2D eigenvalue weighted by molar-refractivity contribution is 0.0987. The topological polar surface area (TPSA) is 94.5 Å². The third-order valence-corrected chi connectivity index (χ3v) is 4.82. The van der Waals surface area contributed by atoms with Crippen molar-refractivity contribution >= 4 is 5.91 Å². The second-order valence-electron chi connectivity index (χ2n) is 7.43. The Balaban J connectivity index is 1.51. The van der Waals surface area contributed by atoms with Gasteiger partial charge in [-0.1, -0.05) is 17.3 Å². The number of rotatable bonds is 4. The number of carbonyl (C=O) groups is 1. The van der Waals surface area contributed by atoms with E-state index in [0.717, 1.165) is 38.1 Å². The summed E-state index contributed by atoms with van der Waals surface area (Å²) >= 11 is 0. The highest BCUT2D eigenvalue weighted by Crippen LogP contribution is 2.37. The van der Waals surface area contributed by atoms with Crippen LogP contribution in [0.1, 0.15) is 60.4 Å². The molecule has 0 radical (unpaired) electrons. The van der Waals surface area contributed by atoms with Crippen molar-refractivity contribution in [1.29, 1.82) is 0 Å². The first-order valence-corrected chi connectivity index (χ1v) is 8.59. The van der Waals surface area contributed by atoms with Crippen LogP contribution in [0.5, 0.6) is 5.75 Å². The molecule has 7 nitrogen and oxygen atoms in total. The summed E-state index contributed by atoms with van der Waals surface area (Å²) in [5, 5.41) is 3.66. The van der Waals surface area contributed by atoms with E-state index in [0.29, 0.717) is 5.89 Å². The number of carbonyl (C=O) groups excluding carboxylic acids is 1. The van der Waals surface area contributed by atoms with Gasteiger partial charge in [-0.15, -0.1) is 0 Å². The molecule has 132 valence electrons. The predicted octanol–water partition coefficient (Wildman–Crippen LogP) is 2.22. The highest BCUT2D eigenvalue weighted by Gasteiger charge is 2.33. The standard InChI is InChI=1S/C18H22N4O3/c1-18(2)9-12-8-11(5-6-14(12)24-18)10-22-7-3-4-13(22)17-20-16(15(19)23)21-25-17/h5-6,8,13H,3-4,7,9-10H2,1-2H3,(H2,19,23)/t13-/m1/s1. The smallest absolute Gasteiger partial charge is 0.290 e. The molecule has 2 aliphatic heterocycles. The first-order chi connectivity index (χ1) is 11.9. The van der Waals surface area contributed by atoms with Gasteiger partial charge < -0.3 is 15.0 Å². The Hall–Kier alpha value is -2.41. The molecule has 1 amide bonds. The molecule has 0 aliphatic carbocycles. The van der Waals surface area contributed by atoms with Gasteiger partial charge in [0.15, 0.2) is 0 Å². The summed E-state index contributed by atoms with van der Waals surface area (Å²) in [5.41, 5.74) is 7.57. The third kappa shape index (κ3) is 3.11. The minimum Gasteiger partial charge on any atom is -0.487 e. The van der Waals surface area contributed by atoms with Gasteiger partial charge in [0.05, 0.1) is 6.04 Å². The zero-order valence-corrected chi connectivity index (χ0v) is 14.5. The summed E-state index contributed by atoms with van der Waals surface area (Å²) in [7, 11) is 0. The largest absolute Gasteiger partial charge is 0.487 e. The van der Waals surface area contributed by atoms with Crippen molar-refractivity contribution in [2.45, 2.75) is 51.3 Å². The van der Waals surface area contributed by atoms with Crippen LogP contribution in [0.3, 0.4) is 0 Å². The molecule has 7 heteroatoms. The number of fused-ring (bicyclic) bond motifs is 1. The molecule has 4 rings (SSSR count). The Bertz CT molecular complexity index is 814. The van der Waals surface area contributed by atoms with E-state index in [9.17, 15) is 4.79 Å². The Morgan fingerprint density at radius 2 is 2.28 bits per heavy atom. The number of aromatic nitrogens is 2. The summed E-state index contributed by atoms with van der Waals surface area (Å²) in [5.74, 6) is 0.728. The van der Waals surface area contributed by atoms with Gasteiger partial charge in [-0.25, -0.2) is 0 Å². The van der Waals surface area contributed by atoms with Crippen molar-refractivity contribution in [3.05, 3.63) is 41.0 Å². The van der Waals surface area contributed by atoms with Crippen molar-refractivity contribution in [3.8, 4) is 5.75 Å². The summed E-state index contributed by atoms with van der Waals surface area (Å²) in [6, 6.07) is 6.42. The fraction of sp³-hybridized carbons (Fsp3) is 0.500. The number of likely N-dealkylation sites (tertiary alicyclic amines) is 1. The molecule has 0 saturated carbocycles. The summed E-state index contributed by atoms with van der Waals surface area (Å²) < 4.78 is 11.2. The molecule has 1 atom stereocenters. The number of ether oxygens (including phenoxy) is 1. The van der Waals surface area contributed by atoms with Crippen LogP contribution in [0.4, 0.5) is 0 Å². The summed E-state index contributed by atoms with van der Waals surface area (Å²) in [4.78, 5) is 17.6. The molecular formula is C18H22N4O3. The van der Waals surface area contributed by atoms with Crippen LogP contribution < -0.4 is 10.5 Å². The van der Waals surface area contributed by atoms with Gasteiger partial charge in [0.1, 0.15) is 11.4 Å². The quantitative estimate of drug-likeness (QED) is 0.915. The van der Waals surface area contributed by atoms with Crippen LogP contribution in [0.2, 0.25) is 0 Å². The van der Waals surface area contributed by atoms with Gasteiger partial charge >= 0.3 is 0 Å². The van der Waals surface area contributed by atoms with Gasteiger partial charge in [0.25, 0.3) is 11.7 Å². The first-order valence-electron chi connectivity index (χ1n) is 8.59. The molecule has 25 heavy (non-hydrogen) atoms. The summed E-state index contributed by atoms with van der Waals surface area (Å²) in [6.45, 7) is 5.97. The lowest BCUT2D eigenvalue weighted by Gasteiger charge is -2.21. The van der Waals surface area contributed by atoms with Gasteiger partial charge in [0, 0.05) is 13.0 Å². The molecule has 2 aromatic rings. The third-order valence-electron chi connectivity index (χ3n) is 4.82. The summed E-state index contributed by atoms with van der Waals surface area (Å²) in [6.07, 6.45) is 2.91. The van der Waals surface area contributed by atoms with E-state index in [-0.39, 0.29) is 17.5 Å². The van der Waals surface area contributed by atoms with Crippen molar-refractivity contribution in [3.63, 3.8) is 0 Å². The Morgan fingerprint density at radius 3 is 3.04 bits per heavy atom. The van der Waals surface area contributed by atoms with Crippen LogP contribution in [-0.2, 0) is 13.0 Å². The van der Waals surface area contributed by atoms with Gasteiger partial charge in [-0.3, -0.25) is 9.69 Å². The van der Waals surface area contributed by atoms with E-state index in [1.165, 1.54) is 11.1 Å². The fourth-order valence-electron chi connectivity index (χ4n) is 3.76. The SMILES string of the molecule is CC1(C)Cc2cc(CN3CCC[C@@H]3c3nc(C(N)=O)no3)ccc2O1. The van der Waals surface area contributed by atoms with Crippen LogP contribution in [0.15, 0.2) is 22.7 Å². The van der Waals surface area contributed by atoms with Gasteiger partial charge in [-0.05, 0) is 50.4 Å². The highest BCUT2D eigenvalue weighted by atomic mass is 16.5. The number of amides is 1. The lowest BCUT2D eigenvalue weighted by atomic mass is 10.00. The molecule has 0 spiro atoms. The molecule has 1 fully saturated rings. The first kappa shape index (κ1) is 16.1. The molecule has 1 saturated heterocycles. The zero-order valence-electron chi connectivity index (χ0n) is 14.5. The van der Waals surface area contributed by atoms with Crippen LogP contribution in [0, 0.1) is 0 Å². The molecule has 2 aliphatic rings. The average molecular weight is 342 g/mol. The maximum atomic E-state index is 11.2. The Labute approximate surface area is 146 Å². The molecule has 1 aromatic heterocycles. The van der Waals surface area contributed by atoms with Crippen molar-refractivity contribution < 1.29 is 14.1 Å². The number of hydrogen-bond donors (Lipinski definition) is 1. The maximum absolute atomic E-state index is 11.2. The van der Waals surface area contributed by atoms with E-state index < -0.39 is 5.91 Å². The second kappa shape index (κ2) is 5.84. The normalized spacial score (nSPS) is 21.9. The van der Waals surface area contributed by atoms with E-state index in [1.807, 2.05) is 0 Å². The maximum Gasteiger partial charge on any atom is 0.290 e. The monoisotopic (exact) mass is 342 g/mol. The Morgan fingerprint density at radius 1 is 1.44 bits per heavy atom. The van der Waals surface area contributed by atoms with Crippen molar-refractivity contribution in [2.75, 3.05) is 6.54 Å². The second-order valence-corrected chi connectivity index (χ2v) is 7.43. The van der Waals surface area contributed by atoms with E-state index in [2.05, 4.69) is 47.1 Å². The molecule has 3 heterocycles. The number of primary amides is 1. The molecule has 0 unspecified atom stereocenters. The minimum atomic E-state index is -0.666. The fourth-order valence-corrected chi connectivity index (χ4v) is 3.76. The predicted molar refractivity (Wildman–Crippen MR) is 90.1 cm³/mol. The lowest BCUT2D eigenvalue weighted by Crippen LogP contribution is -2.24.